The first kappa shape index (κ1) is 26.3. The molecule has 0 saturated heterocycles. The number of ketones is 3. The number of amides is 1. The molecular formula is C26H29N3O8. The van der Waals surface area contributed by atoms with Crippen LogP contribution in [-0.4, -0.2) is 87.4 Å². The molecule has 3 aliphatic carbocycles. The normalized spacial score (nSPS) is 27.1. The van der Waals surface area contributed by atoms with Gasteiger partial charge >= 0.3 is 0 Å². The van der Waals surface area contributed by atoms with E-state index in [0.717, 1.165) is 0 Å². The molecule has 1 saturated carbocycles. The molecule has 0 unspecified atom stereocenters. The van der Waals surface area contributed by atoms with Crippen LogP contribution in [0.3, 0.4) is 0 Å². The van der Waals surface area contributed by atoms with Gasteiger partial charge in [-0.3, -0.25) is 24.1 Å². The van der Waals surface area contributed by atoms with Crippen LogP contribution in [0.25, 0.3) is 5.76 Å². The smallest absolute Gasteiger partial charge is 0.255 e. The zero-order valence-corrected chi connectivity index (χ0v) is 20.4. The number of hydrogen-bond donors (Lipinski definition) is 6. The maximum absolute atomic E-state index is 13.8. The van der Waals surface area contributed by atoms with Gasteiger partial charge in [0.15, 0.2) is 17.2 Å². The minimum Gasteiger partial charge on any atom is -0.508 e. The van der Waals surface area contributed by atoms with Gasteiger partial charge in [0.2, 0.25) is 5.78 Å². The first-order valence-electron chi connectivity index (χ1n) is 11.7. The monoisotopic (exact) mass is 511 g/mol. The Balaban J connectivity index is 1.90. The summed E-state index contributed by atoms with van der Waals surface area (Å²) in [7, 11) is 3.05. The number of Topliss-reactive ketones (excluding diaryl/α,β-unsaturated/α-hetero) is 3. The fourth-order valence-electron chi connectivity index (χ4n) is 5.89. The van der Waals surface area contributed by atoms with Gasteiger partial charge in [-0.15, -0.1) is 6.58 Å². The summed E-state index contributed by atoms with van der Waals surface area (Å²) in [6.07, 6.45) is 1.59. The zero-order chi connectivity index (χ0) is 27.4. The topological polar surface area (TPSA) is 190 Å². The Labute approximate surface area is 212 Å². The molecule has 37 heavy (non-hydrogen) atoms. The number of nitrogens with zero attached hydrogens (tertiary/aromatic N) is 1. The number of fused-ring (bicyclic) bond motifs is 3. The van der Waals surface area contributed by atoms with Crippen molar-refractivity contribution in [2.45, 2.75) is 24.5 Å². The van der Waals surface area contributed by atoms with Crippen LogP contribution in [0, 0.1) is 11.8 Å². The van der Waals surface area contributed by atoms with Crippen molar-refractivity contribution in [3.05, 3.63) is 58.4 Å². The number of rotatable bonds is 7. The standard InChI is InChI=1S/C26H29N3O8/c1-4-7-28-10-16(31)12-5-6-15(30)18-13(12)8-11-9-14-20(29(2)3)22(33)19(25(27)36)24(35)26(14,37)23(34)17(11)21(18)32/h4-6,11,14,20,28,30,32,35,37H,1,7-10H2,2-3H3,(H2,27,36)/t11-,14-,20-,26-/m0/s1. The molecule has 0 aliphatic heterocycles. The van der Waals surface area contributed by atoms with Gasteiger partial charge in [0.25, 0.3) is 5.91 Å². The highest BCUT2D eigenvalue weighted by Gasteiger charge is 2.64. The first-order chi connectivity index (χ1) is 17.4. The first-order valence-corrected chi connectivity index (χ1v) is 11.7. The minimum atomic E-state index is -2.71. The SMILES string of the molecule is C=CCNCC(=O)c1ccc(O)c2c1C[C@H]1C[C@H]3[C@H](N(C)C)C(=O)C(C(N)=O)=C(O)[C@@]3(O)C(=O)C1=C2O. The summed E-state index contributed by atoms with van der Waals surface area (Å²) in [6, 6.07) is 1.49. The number of aromatic hydroxyl groups is 1. The second-order valence-electron chi connectivity index (χ2n) is 9.79. The highest BCUT2D eigenvalue weighted by molar-refractivity contribution is 6.24. The number of benzene rings is 1. The van der Waals surface area contributed by atoms with Crippen LogP contribution in [0.15, 0.2) is 41.7 Å². The highest BCUT2D eigenvalue weighted by Crippen LogP contribution is 2.52. The molecule has 196 valence electrons. The molecule has 1 aromatic rings. The Morgan fingerprint density at radius 2 is 1.92 bits per heavy atom. The fourth-order valence-corrected chi connectivity index (χ4v) is 5.89. The van der Waals surface area contributed by atoms with Crippen molar-refractivity contribution in [2.75, 3.05) is 27.2 Å². The maximum Gasteiger partial charge on any atom is 0.255 e. The van der Waals surface area contributed by atoms with Crippen molar-refractivity contribution < 1.29 is 39.6 Å². The minimum absolute atomic E-state index is 0.0295. The van der Waals surface area contributed by atoms with Crippen LogP contribution in [0.2, 0.25) is 0 Å². The van der Waals surface area contributed by atoms with Crippen LogP contribution < -0.4 is 11.1 Å². The summed E-state index contributed by atoms with van der Waals surface area (Å²) in [4.78, 5) is 53.3. The number of carbonyl (C=O) groups is 4. The number of nitrogens with one attached hydrogen (secondary N) is 1. The highest BCUT2D eigenvalue weighted by atomic mass is 16.3. The average Bonchev–Trinajstić information content (AvgIpc) is 2.81. The molecule has 4 rings (SSSR count). The molecule has 3 aliphatic rings. The molecule has 7 N–H and O–H groups in total. The van der Waals surface area contributed by atoms with Gasteiger partial charge in [-0.25, -0.2) is 0 Å². The predicted molar refractivity (Wildman–Crippen MR) is 132 cm³/mol. The summed E-state index contributed by atoms with van der Waals surface area (Å²) >= 11 is 0. The Morgan fingerprint density at radius 3 is 2.51 bits per heavy atom. The number of carbonyl (C=O) groups excluding carboxylic acids is 4. The van der Waals surface area contributed by atoms with Crippen LogP contribution in [0.5, 0.6) is 5.75 Å². The number of hydrogen-bond acceptors (Lipinski definition) is 10. The van der Waals surface area contributed by atoms with Crippen LogP contribution in [-0.2, 0) is 20.8 Å². The zero-order valence-electron chi connectivity index (χ0n) is 20.4. The molecular weight excluding hydrogens is 482 g/mol. The van der Waals surface area contributed by atoms with Crippen molar-refractivity contribution in [1.82, 2.24) is 10.2 Å². The second kappa shape index (κ2) is 9.25. The van der Waals surface area contributed by atoms with Gasteiger partial charge in [-0.1, -0.05) is 6.08 Å². The Hall–Kier alpha value is -3.80. The molecule has 11 heteroatoms. The summed E-state index contributed by atoms with van der Waals surface area (Å²) in [5.41, 5.74) is 1.92. The molecule has 0 bridgehead atoms. The number of primary amides is 1. The van der Waals surface area contributed by atoms with E-state index in [-0.39, 0.29) is 47.6 Å². The van der Waals surface area contributed by atoms with Gasteiger partial charge in [0, 0.05) is 23.6 Å². The van der Waals surface area contributed by atoms with Crippen molar-refractivity contribution in [2.24, 2.45) is 17.6 Å². The van der Waals surface area contributed by atoms with Gasteiger partial charge in [0.1, 0.15) is 22.8 Å². The van der Waals surface area contributed by atoms with Crippen molar-refractivity contribution >= 4 is 29.0 Å². The van der Waals surface area contributed by atoms with Gasteiger partial charge in [-0.2, -0.15) is 0 Å². The molecule has 1 fully saturated rings. The Bertz CT molecular complexity index is 1310. The lowest BCUT2D eigenvalue weighted by Gasteiger charge is -2.50. The lowest BCUT2D eigenvalue weighted by atomic mass is 9.57. The number of phenols is 1. The van der Waals surface area contributed by atoms with E-state index in [0.29, 0.717) is 12.1 Å². The van der Waals surface area contributed by atoms with Gasteiger partial charge in [-0.05, 0) is 50.6 Å². The number of aliphatic hydroxyl groups is 3. The van der Waals surface area contributed by atoms with Crippen molar-refractivity contribution in [1.29, 1.82) is 0 Å². The molecule has 11 nitrogen and oxygen atoms in total. The average molecular weight is 512 g/mol. The largest absolute Gasteiger partial charge is 0.508 e. The van der Waals surface area contributed by atoms with E-state index >= 15 is 0 Å². The summed E-state index contributed by atoms with van der Waals surface area (Å²) in [5.74, 6) is -7.63. The molecule has 0 radical (unpaired) electrons. The summed E-state index contributed by atoms with van der Waals surface area (Å²) in [5, 5.41) is 47.1. The predicted octanol–water partition coefficient (Wildman–Crippen LogP) is -0.0777. The lowest BCUT2D eigenvalue weighted by molar-refractivity contribution is -0.153. The molecule has 1 aromatic carbocycles. The third-order valence-electron chi connectivity index (χ3n) is 7.48. The van der Waals surface area contributed by atoms with Gasteiger partial charge in [0.05, 0.1) is 18.2 Å². The molecule has 4 atom stereocenters. The fraction of sp³-hybridized carbons (Fsp3) is 0.385. The van der Waals surface area contributed by atoms with E-state index in [4.69, 9.17) is 5.73 Å². The van der Waals surface area contributed by atoms with E-state index in [1.54, 1.807) is 6.08 Å². The number of nitrogens with two attached hydrogens (primary N) is 1. The van der Waals surface area contributed by atoms with Crippen LogP contribution >= 0.6 is 0 Å². The van der Waals surface area contributed by atoms with E-state index in [1.165, 1.54) is 31.1 Å². The number of aliphatic hydroxyl groups excluding tert-OH is 2. The third-order valence-corrected chi connectivity index (χ3v) is 7.48. The van der Waals surface area contributed by atoms with E-state index < -0.39 is 58.0 Å². The Morgan fingerprint density at radius 1 is 1.24 bits per heavy atom. The van der Waals surface area contributed by atoms with Gasteiger partial charge < -0.3 is 31.5 Å². The maximum atomic E-state index is 13.8. The van der Waals surface area contributed by atoms with Crippen LogP contribution in [0.4, 0.5) is 0 Å². The summed E-state index contributed by atoms with van der Waals surface area (Å²) < 4.78 is 0. The third kappa shape index (κ3) is 3.78. The number of likely N-dealkylation sites (N-methyl/N-ethyl adjacent to an activating group) is 1. The molecule has 0 heterocycles. The molecule has 0 aromatic heterocycles. The van der Waals surface area contributed by atoms with E-state index in [9.17, 15) is 39.6 Å². The quantitative estimate of drug-likeness (QED) is 0.125. The van der Waals surface area contributed by atoms with E-state index in [1.807, 2.05) is 0 Å². The molecule has 1 amide bonds. The Kier molecular flexibility index (Phi) is 6.57. The van der Waals surface area contributed by atoms with Crippen LogP contribution in [0.1, 0.15) is 27.9 Å². The summed E-state index contributed by atoms with van der Waals surface area (Å²) in [6.45, 7) is 3.95. The lowest BCUT2D eigenvalue weighted by Crippen LogP contribution is -2.65. The number of phenolic OH excluding ortho intramolecular Hbond substituents is 1. The second-order valence-corrected chi connectivity index (χ2v) is 9.79. The van der Waals surface area contributed by atoms with Crippen molar-refractivity contribution in [3.63, 3.8) is 0 Å². The molecule has 0 spiro atoms. The van der Waals surface area contributed by atoms with Crippen molar-refractivity contribution in [3.8, 4) is 5.75 Å². The van der Waals surface area contributed by atoms with E-state index in [2.05, 4.69) is 11.9 Å².